The maximum Gasteiger partial charge on any atom is 0.430 e. The third kappa shape index (κ3) is 9.05. The molecule has 1 saturated heterocycles. The predicted octanol–water partition coefficient (Wildman–Crippen LogP) is 7.30. The Morgan fingerprint density at radius 1 is 0.982 bits per heavy atom. The van der Waals surface area contributed by atoms with Gasteiger partial charge in [-0.25, -0.2) is 14.0 Å². The number of alkyl halides is 3. The molecule has 0 saturated carbocycles. The number of hydrogen-bond acceptors (Lipinski definition) is 10. The topological polar surface area (TPSA) is 132 Å². The molecule has 1 unspecified atom stereocenters. The highest BCUT2D eigenvalue weighted by Gasteiger charge is 2.62. The van der Waals surface area contributed by atoms with Crippen LogP contribution >= 0.6 is 11.3 Å². The summed E-state index contributed by atoms with van der Waals surface area (Å²) in [6.45, 7) is 8.44. The molecule has 6 rings (SSSR count). The van der Waals surface area contributed by atoms with Gasteiger partial charge in [0.2, 0.25) is 11.5 Å². The van der Waals surface area contributed by atoms with Crippen LogP contribution in [0.15, 0.2) is 60.5 Å². The SMILES string of the molecule is C=CC(=O)N1CCC(OC(=O)NCCOCCOc2cc(F)ccc2-c2nnc(-c3ccc4c(c3)CCN(C(=O)OC(C)(C)C)C4)c3ccsc23)(C(F)(F)F)C1. The van der Waals surface area contributed by atoms with E-state index in [1.165, 1.54) is 23.5 Å². The summed E-state index contributed by atoms with van der Waals surface area (Å²) in [6, 6.07) is 12.1. The summed E-state index contributed by atoms with van der Waals surface area (Å²) in [5, 5.41) is 14.2. The Morgan fingerprint density at radius 2 is 1.77 bits per heavy atom. The summed E-state index contributed by atoms with van der Waals surface area (Å²) in [7, 11) is 0. The zero-order valence-electron chi connectivity index (χ0n) is 31.0. The maximum absolute atomic E-state index is 14.4. The molecule has 12 nitrogen and oxygen atoms in total. The minimum absolute atomic E-state index is 0.00465. The van der Waals surface area contributed by atoms with Crippen LogP contribution in [0.2, 0.25) is 0 Å². The Hall–Kier alpha value is -5.29. The van der Waals surface area contributed by atoms with Gasteiger partial charge in [0.15, 0.2) is 0 Å². The third-order valence-electron chi connectivity index (χ3n) is 9.25. The van der Waals surface area contributed by atoms with Crippen LogP contribution in [0.5, 0.6) is 5.75 Å². The van der Waals surface area contributed by atoms with Gasteiger partial charge in [-0.1, -0.05) is 18.7 Å². The number of amides is 3. The number of thiophene rings is 1. The van der Waals surface area contributed by atoms with Gasteiger partial charge >= 0.3 is 18.4 Å². The van der Waals surface area contributed by atoms with Crippen molar-refractivity contribution in [3.05, 3.63) is 77.4 Å². The van der Waals surface area contributed by atoms with Crippen molar-refractivity contribution in [3.63, 3.8) is 0 Å². The van der Waals surface area contributed by atoms with Crippen molar-refractivity contribution in [2.45, 2.75) is 57.5 Å². The number of ether oxygens (including phenoxy) is 4. The molecule has 2 aliphatic rings. The van der Waals surface area contributed by atoms with Crippen LogP contribution in [0.1, 0.15) is 38.3 Å². The number of benzene rings is 2. The molecule has 3 amide bonds. The maximum atomic E-state index is 14.4. The smallest absolute Gasteiger partial charge is 0.430 e. The average Bonchev–Trinajstić information content (AvgIpc) is 3.82. The quantitative estimate of drug-likeness (QED) is 0.0944. The lowest BCUT2D eigenvalue weighted by molar-refractivity contribution is -0.252. The summed E-state index contributed by atoms with van der Waals surface area (Å²) in [5.41, 5.74) is 1.29. The van der Waals surface area contributed by atoms with E-state index < -0.39 is 48.2 Å². The normalized spacial score (nSPS) is 17.1. The number of hydrogen-bond donors (Lipinski definition) is 1. The number of fused-ring (bicyclic) bond motifs is 2. The van der Waals surface area contributed by atoms with Crippen molar-refractivity contribution >= 4 is 39.5 Å². The molecule has 17 heteroatoms. The number of alkyl carbamates (subject to hydrolysis) is 1. The van der Waals surface area contributed by atoms with Gasteiger partial charge < -0.3 is 34.1 Å². The highest BCUT2D eigenvalue weighted by atomic mass is 32.1. The number of rotatable bonds is 11. The molecule has 56 heavy (non-hydrogen) atoms. The zero-order valence-corrected chi connectivity index (χ0v) is 31.9. The van der Waals surface area contributed by atoms with Crippen molar-refractivity contribution in [1.29, 1.82) is 0 Å². The molecule has 4 heterocycles. The van der Waals surface area contributed by atoms with Gasteiger partial charge in [0.25, 0.3) is 0 Å². The predicted molar refractivity (Wildman–Crippen MR) is 200 cm³/mol. The van der Waals surface area contributed by atoms with E-state index in [0.29, 0.717) is 36.5 Å². The molecular formula is C39H41F4N5O7S. The van der Waals surface area contributed by atoms with Gasteiger partial charge in [-0.05, 0) is 74.0 Å². The first-order valence-corrected chi connectivity index (χ1v) is 18.7. The Kier molecular flexibility index (Phi) is 11.9. The molecule has 1 fully saturated rings. The Bertz CT molecular complexity index is 2120. The molecule has 4 aromatic rings. The van der Waals surface area contributed by atoms with Crippen molar-refractivity contribution in [2.24, 2.45) is 0 Å². The van der Waals surface area contributed by atoms with Crippen LogP contribution in [0.4, 0.5) is 27.2 Å². The number of nitrogens with one attached hydrogen (secondary N) is 1. The van der Waals surface area contributed by atoms with Gasteiger partial charge in [0.05, 0.1) is 24.5 Å². The second-order valence-electron chi connectivity index (χ2n) is 14.3. The van der Waals surface area contributed by atoms with Gasteiger partial charge in [0.1, 0.15) is 35.2 Å². The highest BCUT2D eigenvalue weighted by molar-refractivity contribution is 7.17. The summed E-state index contributed by atoms with van der Waals surface area (Å²) < 4.78 is 78.6. The molecule has 2 aromatic heterocycles. The lowest BCUT2D eigenvalue weighted by atomic mass is 9.95. The zero-order chi connectivity index (χ0) is 40.3. The van der Waals surface area contributed by atoms with Crippen LogP contribution in [-0.2, 0) is 32.0 Å². The number of likely N-dealkylation sites (tertiary alicyclic amines) is 1. The summed E-state index contributed by atoms with van der Waals surface area (Å²) in [4.78, 5) is 39.4. The van der Waals surface area contributed by atoms with Gasteiger partial charge in [-0.15, -0.1) is 21.5 Å². The fourth-order valence-electron chi connectivity index (χ4n) is 6.48. The van der Waals surface area contributed by atoms with E-state index in [9.17, 15) is 31.9 Å². The third-order valence-corrected chi connectivity index (χ3v) is 10.2. The fraction of sp³-hybridized carbons (Fsp3) is 0.410. The number of carbonyl (C=O) groups excluding carboxylic acids is 3. The minimum Gasteiger partial charge on any atom is -0.490 e. The lowest BCUT2D eigenvalue weighted by Gasteiger charge is -2.31. The van der Waals surface area contributed by atoms with Crippen molar-refractivity contribution in [2.75, 3.05) is 46.0 Å². The summed E-state index contributed by atoms with van der Waals surface area (Å²) in [5.74, 6) is -1.02. The monoisotopic (exact) mass is 799 g/mol. The minimum atomic E-state index is -4.90. The second-order valence-corrected chi connectivity index (χ2v) is 15.2. The summed E-state index contributed by atoms with van der Waals surface area (Å²) >= 11 is 1.46. The van der Waals surface area contributed by atoms with E-state index in [1.807, 2.05) is 44.4 Å². The van der Waals surface area contributed by atoms with Crippen LogP contribution in [0.3, 0.4) is 0 Å². The Labute approximate surface area is 324 Å². The number of aromatic nitrogens is 2. The van der Waals surface area contributed by atoms with Crippen molar-refractivity contribution in [3.8, 4) is 28.3 Å². The van der Waals surface area contributed by atoms with E-state index in [4.69, 9.17) is 18.9 Å². The lowest BCUT2D eigenvalue weighted by Crippen LogP contribution is -2.53. The molecule has 1 N–H and O–H groups in total. The van der Waals surface area contributed by atoms with E-state index in [-0.39, 0.29) is 44.8 Å². The first kappa shape index (κ1) is 40.4. The van der Waals surface area contributed by atoms with Gasteiger partial charge in [-0.3, -0.25) is 4.79 Å². The summed E-state index contributed by atoms with van der Waals surface area (Å²) in [6.07, 6.45) is -5.58. The molecule has 0 spiro atoms. The molecule has 0 aliphatic carbocycles. The van der Waals surface area contributed by atoms with Crippen LogP contribution in [0.25, 0.3) is 32.6 Å². The molecule has 2 aliphatic heterocycles. The molecule has 0 radical (unpaired) electrons. The average molecular weight is 800 g/mol. The number of nitrogens with zero attached hydrogens (tertiary/aromatic N) is 4. The van der Waals surface area contributed by atoms with E-state index in [0.717, 1.165) is 37.8 Å². The van der Waals surface area contributed by atoms with Crippen LogP contribution < -0.4 is 10.1 Å². The van der Waals surface area contributed by atoms with Crippen LogP contribution in [0, 0.1) is 5.82 Å². The Morgan fingerprint density at radius 3 is 2.52 bits per heavy atom. The van der Waals surface area contributed by atoms with Crippen molar-refractivity contribution in [1.82, 2.24) is 25.3 Å². The molecular weight excluding hydrogens is 759 g/mol. The number of carbonyl (C=O) groups is 3. The largest absolute Gasteiger partial charge is 0.490 e. The molecule has 298 valence electrons. The fourth-order valence-corrected chi connectivity index (χ4v) is 7.38. The van der Waals surface area contributed by atoms with E-state index in [1.54, 1.807) is 11.0 Å². The van der Waals surface area contributed by atoms with Gasteiger partial charge in [-0.2, -0.15) is 13.2 Å². The Balaban J connectivity index is 1.05. The second kappa shape index (κ2) is 16.4. The molecule has 1 atom stereocenters. The standard InChI is InChI=1S/C39H41F4N5O7S/c1-5-31(49)48-15-12-38(23-48,39(41,42)43)54-35(50)44-13-16-52-17-18-53-30-21-27(40)8-9-28(30)33-34-29(11-19-56-34)32(45-46-33)25-6-7-26-22-47(14-10-24(26)20-25)36(51)55-37(2,3)4/h5-9,11,19-21H,1,10,12-18,22-23H2,2-4H3,(H,44,50). The van der Waals surface area contributed by atoms with Crippen molar-refractivity contribution < 1.29 is 50.9 Å². The molecule has 2 aromatic carbocycles. The first-order chi connectivity index (χ1) is 26.6. The number of halogens is 4. The molecule has 0 bridgehead atoms. The van der Waals surface area contributed by atoms with Gasteiger partial charge in [0, 0.05) is 55.2 Å². The van der Waals surface area contributed by atoms with E-state index >= 15 is 0 Å². The highest BCUT2D eigenvalue weighted by Crippen LogP contribution is 2.42. The van der Waals surface area contributed by atoms with E-state index in [2.05, 4.69) is 28.2 Å². The first-order valence-electron chi connectivity index (χ1n) is 17.9. The van der Waals surface area contributed by atoms with Crippen LogP contribution in [-0.4, -0.2) is 101 Å².